The van der Waals surface area contributed by atoms with Gasteiger partial charge in [0.2, 0.25) is 0 Å². The molecule has 0 saturated heterocycles. The maximum absolute atomic E-state index is 9.23. The fourth-order valence-electron chi connectivity index (χ4n) is 1.90. The normalized spacial score (nSPS) is 14.1. The summed E-state index contributed by atoms with van der Waals surface area (Å²) in [7, 11) is 0. The number of hydrogen-bond acceptors (Lipinski definition) is 5. The Hall–Kier alpha value is -1.12. The van der Waals surface area contributed by atoms with Crippen LogP contribution in [-0.4, -0.2) is 27.3 Å². The zero-order valence-corrected chi connectivity index (χ0v) is 12.7. The van der Waals surface area contributed by atoms with Crippen LogP contribution in [0.5, 0.6) is 0 Å². The molecule has 0 amide bonds. The SMILES string of the molecule is CC(C)NC(C)(C#N)CCCCSc1ncccn1. The Balaban J connectivity index is 2.21. The maximum atomic E-state index is 9.23. The summed E-state index contributed by atoms with van der Waals surface area (Å²) in [5.41, 5.74) is -0.415. The molecule has 0 fully saturated rings. The second-order valence-corrected chi connectivity index (χ2v) is 6.14. The van der Waals surface area contributed by atoms with Crippen LogP contribution in [0, 0.1) is 11.3 Å². The summed E-state index contributed by atoms with van der Waals surface area (Å²) < 4.78 is 0. The molecule has 0 aromatic carbocycles. The van der Waals surface area contributed by atoms with Crippen molar-refractivity contribution < 1.29 is 0 Å². The van der Waals surface area contributed by atoms with E-state index in [9.17, 15) is 5.26 Å². The Morgan fingerprint density at radius 1 is 1.37 bits per heavy atom. The minimum absolute atomic E-state index is 0.330. The lowest BCUT2D eigenvalue weighted by molar-refractivity contribution is 0.372. The van der Waals surface area contributed by atoms with E-state index < -0.39 is 5.54 Å². The third-order valence-corrected chi connectivity index (χ3v) is 3.66. The highest BCUT2D eigenvalue weighted by atomic mass is 32.2. The molecule has 1 N–H and O–H groups in total. The Bertz CT molecular complexity index is 402. The minimum Gasteiger partial charge on any atom is -0.297 e. The summed E-state index contributed by atoms with van der Waals surface area (Å²) in [4.78, 5) is 8.34. The fraction of sp³-hybridized carbons (Fsp3) is 0.643. The van der Waals surface area contributed by atoms with E-state index in [0.717, 1.165) is 30.2 Å². The van der Waals surface area contributed by atoms with Crippen LogP contribution in [0.15, 0.2) is 23.6 Å². The predicted molar refractivity (Wildman–Crippen MR) is 78.9 cm³/mol. The number of unbranched alkanes of at least 4 members (excludes halogenated alkanes) is 1. The minimum atomic E-state index is -0.415. The van der Waals surface area contributed by atoms with Crippen molar-refractivity contribution in [3.8, 4) is 6.07 Å². The summed E-state index contributed by atoms with van der Waals surface area (Å²) >= 11 is 1.67. The molecule has 1 atom stereocenters. The lowest BCUT2D eigenvalue weighted by Gasteiger charge is -2.25. The molecule has 0 saturated carbocycles. The number of hydrogen-bond donors (Lipinski definition) is 1. The van der Waals surface area contributed by atoms with Crippen LogP contribution >= 0.6 is 11.8 Å². The molecule has 104 valence electrons. The van der Waals surface area contributed by atoms with Gasteiger partial charge in [-0.1, -0.05) is 11.8 Å². The fourth-order valence-corrected chi connectivity index (χ4v) is 2.70. The van der Waals surface area contributed by atoms with Gasteiger partial charge in [-0.3, -0.25) is 5.32 Å². The van der Waals surface area contributed by atoms with Crippen LogP contribution in [0.3, 0.4) is 0 Å². The van der Waals surface area contributed by atoms with E-state index >= 15 is 0 Å². The zero-order valence-electron chi connectivity index (χ0n) is 11.9. The highest BCUT2D eigenvalue weighted by Gasteiger charge is 2.23. The standard InChI is InChI=1S/C14H22N4S/c1-12(2)18-14(3,11-15)7-4-5-10-19-13-16-8-6-9-17-13/h6,8-9,12,18H,4-5,7,10H2,1-3H3. The Morgan fingerprint density at radius 2 is 2.05 bits per heavy atom. The number of nitriles is 1. The first kappa shape index (κ1) is 15.9. The van der Waals surface area contributed by atoms with Gasteiger partial charge in [-0.15, -0.1) is 0 Å². The van der Waals surface area contributed by atoms with Crippen molar-refractivity contribution in [1.29, 1.82) is 5.26 Å². The summed E-state index contributed by atoms with van der Waals surface area (Å²) in [5, 5.41) is 13.4. The quantitative estimate of drug-likeness (QED) is 0.450. The smallest absolute Gasteiger partial charge is 0.187 e. The van der Waals surface area contributed by atoms with Gasteiger partial charge in [-0.2, -0.15) is 5.26 Å². The highest BCUT2D eigenvalue weighted by molar-refractivity contribution is 7.99. The first-order valence-corrected chi connectivity index (χ1v) is 7.63. The molecule has 0 aliphatic rings. The Morgan fingerprint density at radius 3 is 2.63 bits per heavy atom. The van der Waals surface area contributed by atoms with Gasteiger partial charge in [0.25, 0.3) is 0 Å². The molecule has 1 rings (SSSR count). The van der Waals surface area contributed by atoms with Crippen LogP contribution < -0.4 is 5.32 Å². The van der Waals surface area contributed by atoms with Gasteiger partial charge in [0.05, 0.1) is 6.07 Å². The van der Waals surface area contributed by atoms with Crippen molar-refractivity contribution in [2.75, 3.05) is 5.75 Å². The average molecular weight is 278 g/mol. The summed E-state index contributed by atoms with van der Waals surface area (Å²) in [6.07, 6.45) is 6.49. The molecule has 5 heteroatoms. The van der Waals surface area contributed by atoms with E-state index in [1.807, 2.05) is 13.0 Å². The van der Waals surface area contributed by atoms with Crippen LogP contribution in [0.25, 0.3) is 0 Å². The largest absolute Gasteiger partial charge is 0.297 e. The number of aromatic nitrogens is 2. The van der Waals surface area contributed by atoms with E-state index in [4.69, 9.17) is 0 Å². The first-order chi connectivity index (χ1) is 9.06. The van der Waals surface area contributed by atoms with E-state index in [1.165, 1.54) is 0 Å². The maximum Gasteiger partial charge on any atom is 0.187 e. The summed E-state index contributed by atoms with van der Waals surface area (Å²) in [6.45, 7) is 6.11. The second-order valence-electron chi connectivity index (χ2n) is 5.08. The number of thioether (sulfide) groups is 1. The number of nitrogens with zero attached hydrogens (tertiary/aromatic N) is 3. The molecule has 0 bridgehead atoms. The lowest BCUT2D eigenvalue weighted by Crippen LogP contribution is -2.44. The molecule has 1 unspecified atom stereocenters. The highest BCUT2D eigenvalue weighted by Crippen LogP contribution is 2.18. The second kappa shape index (κ2) is 8.13. The van der Waals surface area contributed by atoms with E-state index in [1.54, 1.807) is 24.2 Å². The topological polar surface area (TPSA) is 61.6 Å². The van der Waals surface area contributed by atoms with Crippen molar-refractivity contribution in [3.63, 3.8) is 0 Å². The van der Waals surface area contributed by atoms with E-state index in [2.05, 4.69) is 35.2 Å². The van der Waals surface area contributed by atoms with Crippen molar-refractivity contribution in [2.45, 2.75) is 56.8 Å². The molecular formula is C14H22N4S. The zero-order chi connectivity index (χ0) is 14.1. The molecule has 1 aromatic rings. The van der Waals surface area contributed by atoms with Gasteiger partial charge in [-0.25, -0.2) is 9.97 Å². The van der Waals surface area contributed by atoms with Gasteiger partial charge in [0, 0.05) is 24.2 Å². The first-order valence-electron chi connectivity index (χ1n) is 6.64. The van der Waals surface area contributed by atoms with Gasteiger partial charge in [0.15, 0.2) is 5.16 Å². The molecule has 0 aliphatic heterocycles. The summed E-state index contributed by atoms with van der Waals surface area (Å²) in [5.74, 6) is 0.993. The molecule has 4 nitrogen and oxygen atoms in total. The molecule has 1 aromatic heterocycles. The number of nitrogens with one attached hydrogen (secondary N) is 1. The lowest BCUT2D eigenvalue weighted by atomic mass is 9.96. The summed E-state index contributed by atoms with van der Waals surface area (Å²) in [6, 6.07) is 4.53. The van der Waals surface area contributed by atoms with Gasteiger partial charge in [-0.05, 0) is 46.1 Å². The van der Waals surface area contributed by atoms with Crippen LogP contribution in [0.2, 0.25) is 0 Å². The van der Waals surface area contributed by atoms with Crippen molar-refractivity contribution >= 4 is 11.8 Å². The van der Waals surface area contributed by atoms with Gasteiger partial charge >= 0.3 is 0 Å². The molecule has 1 heterocycles. The average Bonchev–Trinajstić information content (AvgIpc) is 2.39. The number of rotatable bonds is 8. The third kappa shape index (κ3) is 6.55. The van der Waals surface area contributed by atoms with E-state index in [0.29, 0.717) is 6.04 Å². The predicted octanol–water partition coefficient (Wildman–Crippen LogP) is 3.02. The molecule has 0 aliphatic carbocycles. The van der Waals surface area contributed by atoms with Gasteiger partial charge < -0.3 is 0 Å². The Kier molecular flexibility index (Phi) is 6.82. The molecular weight excluding hydrogens is 256 g/mol. The molecule has 19 heavy (non-hydrogen) atoms. The third-order valence-electron chi connectivity index (χ3n) is 2.70. The van der Waals surface area contributed by atoms with Crippen LogP contribution in [0.1, 0.15) is 40.0 Å². The van der Waals surface area contributed by atoms with Crippen molar-refractivity contribution in [3.05, 3.63) is 18.5 Å². The van der Waals surface area contributed by atoms with Crippen molar-refractivity contribution in [2.24, 2.45) is 0 Å². The Labute approximate surface area is 120 Å². The van der Waals surface area contributed by atoms with Gasteiger partial charge in [0.1, 0.15) is 5.54 Å². The van der Waals surface area contributed by atoms with Crippen LogP contribution in [0.4, 0.5) is 0 Å². The van der Waals surface area contributed by atoms with Crippen molar-refractivity contribution in [1.82, 2.24) is 15.3 Å². The molecule has 0 radical (unpaired) electrons. The van der Waals surface area contributed by atoms with Crippen LogP contribution in [-0.2, 0) is 0 Å². The molecule has 0 spiro atoms. The van der Waals surface area contributed by atoms with E-state index in [-0.39, 0.29) is 0 Å². The monoisotopic (exact) mass is 278 g/mol.